The minimum atomic E-state index is -0.0640. The summed E-state index contributed by atoms with van der Waals surface area (Å²) in [7, 11) is 3.73. The second kappa shape index (κ2) is 6.46. The van der Waals surface area contributed by atoms with Gasteiger partial charge in [-0.2, -0.15) is 0 Å². The summed E-state index contributed by atoms with van der Waals surface area (Å²) in [6.45, 7) is 2.94. The third kappa shape index (κ3) is 2.75. The van der Waals surface area contributed by atoms with Crippen LogP contribution in [0.1, 0.15) is 29.6 Å². The lowest BCUT2D eigenvalue weighted by Crippen LogP contribution is -2.58. The molecule has 2 aliphatic heterocycles. The quantitative estimate of drug-likeness (QED) is 0.861. The lowest BCUT2D eigenvalue weighted by Gasteiger charge is -2.50. The normalized spacial score (nSPS) is 26.6. The molecule has 0 saturated carbocycles. The van der Waals surface area contributed by atoms with Gasteiger partial charge in [0.1, 0.15) is 0 Å². The van der Waals surface area contributed by atoms with Crippen LogP contribution in [0.4, 0.5) is 0 Å². The largest absolute Gasteiger partial charge is 0.384 e. The summed E-state index contributed by atoms with van der Waals surface area (Å²) >= 11 is 0. The molecule has 0 radical (unpaired) electrons. The van der Waals surface area contributed by atoms with Crippen molar-refractivity contribution in [3.63, 3.8) is 0 Å². The number of aromatic nitrogens is 1. The van der Waals surface area contributed by atoms with Crippen molar-refractivity contribution in [3.8, 4) is 0 Å². The van der Waals surface area contributed by atoms with Crippen LogP contribution in [0, 0.1) is 5.41 Å². The predicted octanol–water partition coefficient (Wildman–Crippen LogP) is 2.84. The Balaban J connectivity index is 1.64. The number of hydrogen-bond donors (Lipinski definition) is 0. The van der Waals surface area contributed by atoms with E-state index in [-0.39, 0.29) is 17.4 Å². The Morgan fingerprint density at radius 2 is 2.24 bits per heavy atom. The van der Waals surface area contributed by atoms with Crippen LogP contribution in [0.15, 0.2) is 30.5 Å². The minimum absolute atomic E-state index is 0.0640. The number of ether oxygens (including phenoxy) is 2. The van der Waals surface area contributed by atoms with Gasteiger partial charge in [0.05, 0.1) is 18.3 Å². The Bertz CT molecular complexity index is 780. The van der Waals surface area contributed by atoms with Crippen molar-refractivity contribution < 1.29 is 14.3 Å². The Hall–Kier alpha value is -1.85. The lowest BCUT2D eigenvalue weighted by molar-refractivity contribution is -0.142. The fourth-order valence-corrected chi connectivity index (χ4v) is 4.64. The maximum atomic E-state index is 13.3. The molecule has 1 aromatic carbocycles. The van der Waals surface area contributed by atoms with Crippen LogP contribution in [0.3, 0.4) is 0 Å². The van der Waals surface area contributed by atoms with Crippen LogP contribution in [0.2, 0.25) is 0 Å². The van der Waals surface area contributed by atoms with Crippen LogP contribution < -0.4 is 0 Å². The molecule has 4 rings (SSSR count). The number of para-hydroxylation sites is 1. The highest BCUT2D eigenvalue weighted by atomic mass is 16.5. The molecule has 0 aliphatic carbocycles. The zero-order valence-electron chi connectivity index (χ0n) is 15.0. The van der Waals surface area contributed by atoms with Gasteiger partial charge in [0, 0.05) is 56.4 Å². The number of methoxy groups -OCH3 is 1. The molecule has 5 heteroatoms. The van der Waals surface area contributed by atoms with Gasteiger partial charge in [-0.1, -0.05) is 18.2 Å². The second-order valence-electron chi connectivity index (χ2n) is 7.44. The molecule has 2 aromatic rings. The van der Waals surface area contributed by atoms with Crippen molar-refractivity contribution in [2.24, 2.45) is 12.5 Å². The second-order valence-corrected chi connectivity index (χ2v) is 7.44. The van der Waals surface area contributed by atoms with Gasteiger partial charge in [-0.3, -0.25) is 4.79 Å². The Kier molecular flexibility index (Phi) is 4.29. The molecule has 0 N–H and O–H groups in total. The molecule has 5 nitrogen and oxygen atoms in total. The molecule has 2 atom stereocenters. The number of amides is 1. The van der Waals surface area contributed by atoms with E-state index in [0.29, 0.717) is 13.2 Å². The first kappa shape index (κ1) is 16.6. The van der Waals surface area contributed by atoms with Crippen LogP contribution >= 0.6 is 0 Å². The van der Waals surface area contributed by atoms with Gasteiger partial charge >= 0.3 is 0 Å². The van der Waals surface area contributed by atoms with Crippen molar-refractivity contribution in [2.75, 3.05) is 33.4 Å². The molecule has 2 aliphatic rings. The zero-order chi connectivity index (χ0) is 17.4. The predicted molar refractivity (Wildman–Crippen MR) is 96.7 cm³/mol. The van der Waals surface area contributed by atoms with Gasteiger partial charge in [-0.05, 0) is 25.3 Å². The number of likely N-dealkylation sites (tertiary alicyclic amines) is 1. The summed E-state index contributed by atoms with van der Waals surface area (Å²) in [6.07, 6.45) is 5.15. The maximum absolute atomic E-state index is 13.3. The number of benzene rings is 1. The third-order valence-corrected chi connectivity index (χ3v) is 5.83. The number of aryl methyl sites for hydroxylation is 1. The van der Waals surface area contributed by atoms with Gasteiger partial charge in [-0.15, -0.1) is 0 Å². The molecule has 25 heavy (non-hydrogen) atoms. The van der Waals surface area contributed by atoms with E-state index >= 15 is 0 Å². The van der Waals surface area contributed by atoms with E-state index in [1.54, 1.807) is 7.11 Å². The molecule has 0 spiro atoms. The zero-order valence-corrected chi connectivity index (χ0v) is 15.0. The molecule has 0 bridgehead atoms. The molecule has 3 heterocycles. The molecule has 134 valence electrons. The molecule has 0 unspecified atom stereocenters. The Labute approximate surface area is 148 Å². The van der Waals surface area contributed by atoms with Crippen molar-refractivity contribution in [3.05, 3.63) is 36.0 Å². The minimum Gasteiger partial charge on any atom is -0.384 e. The van der Waals surface area contributed by atoms with Crippen LogP contribution in [-0.4, -0.2) is 54.9 Å². The van der Waals surface area contributed by atoms with E-state index in [0.717, 1.165) is 48.9 Å². The molecular weight excluding hydrogens is 316 g/mol. The summed E-state index contributed by atoms with van der Waals surface area (Å²) in [4.78, 5) is 15.3. The first-order chi connectivity index (χ1) is 12.1. The SMILES string of the molecule is COC[C@@]12CCCO[C@H]1CCN(C(=O)c1cn(C)c3ccccc13)C2. The number of piperidine rings is 1. The van der Waals surface area contributed by atoms with Gasteiger partial charge in [0.25, 0.3) is 5.91 Å². The molecule has 1 amide bonds. The number of rotatable bonds is 3. The Morgan fingerprint density at radius 1 is 1.40 bits per heavy atom. The van der Waals surface area contributed by atoms with E-state index in [9.17, 15) is 4.79 Å². The van der Waals surface area contributed by atoms with Crippen molar-refractivity contribution in [1.29, 1.82) is 0 Å². The van der Waals surface area contributed by atoms with Crippen molar-refractivity contribution in [1.82, 2.24) is 9.47 Å². The lowest BCUT2D eigenvalue weighted by atomic mass is 9.73. The van der Waals surface area contributed by atoms with Crippen LogP contribution in [0.5, 0.6) is 0 Å². The van der Waals surface area contributed by atoms with E-state index in [2.05, 4.69) is 6.07 Å². The fraction of sp³-hybridized carbons (Fsp3) is 0.550. The van der Waals surface area contributed by atoms with E-state index < -0.39 is 0 Å². The van der Waals surface area contributed by atoms with E-state index in [1.807, 2.05) is 40.9 Å². The number of carbonyl (C=O) groups excluding carboxylic acids is 1. The number of hydrogen-bond acceptors (Lipinski definition) is 3. The number of fused-ring (bicyclic) bond motifs is 2. The highest BCUT2D eigenvalue weighted by Crippen LogP contribution is 2.41. The molecule has 2 fully saturated rings. The standard InChI is InChI=1S/C20H26N2O3/c1-21-12-16(15-6-3-4-7-17(15)21)19(23)22-10-8-18-20(13-22,14-24-2)9-5-11-25-18/h3-4,6-7,12,18H,5,8-11,13-14H2,1-2H3/t18-,20-/m0/s1. The van der Waals surface area contributed by atoms with Gasteiger partial charge in [0.15, 0.2) is 0 Å². The third-order valence-electron chi connectivity index (χ3n) is 5.83. The first-order valence-corrected chi connectivity index (χ1v) is 9.08. The molecule has 1 aromatic heterocycles. The van der Waals surface area contributed by atoms with E-state index in [4.69, 9.17) is 9.47 Å². The Morgan fingerprint density at radius 3 is 3.08 bits per heavy atom. The van der Waals surface area contributed by atoms with Gasteiger partial charge < -0.3 is 18.9 Å². The maximum Gasteiger partial charge on any atom is 0.256 e. The number of nitrogens with zero attached hydrogens (tertiary/aromatic N) is 2. The summed E-state index contributed by atoms with van der Waals surface area (Å²) < 4.78 is 13.6. The molecule has 2 saturated heterocycles. The smallest absolute Gasteiger partial charge is 0.256 e. The first-order valence-electron chi connectivity index (χ1n) is 9.08. The van der Waals surface area contributed by atoms with Gasteiger partial charge in [0.2, 0.25) is 0 Å². The monoisotopic (exact) mass is 342 g/mol. The summed E-state index contributed by atoms with van der Waals surface area (Å²) in [5.74, 6) is 0.122. The van der Waals surface area contributed by atoms with Crippen molar-refractivity contribution >= 4 is 16.8 Å². The average Bonchev–Trinajstić information content (AvgIpc) is 2.98. The summed E-state index contributed by atoms with van der Waals surface area (Å²) in [5.41, 5.74) is 1.82. The fourth-order valence-electron chi connectivity index (χ4n) is 4.64. The highest BCUT2D eigenvalue weighted by Gasteiger charge is 2.47. The highest BCUT2D eigenvalue weighted by molar-refractivity contribution is 6.07. The summed E-state index contributed by atoms with van der Waals surface area (Å²) in [5, 5.41) is 1.03. The number of carbonyl (C=O) groups is 1. The summed E-state index contributed by atoms with van der Waals surface area (Å²) in [6, 6.07) is 8.09. The van der Waals surface area contributed by atoms with E-state index in [1.165, 1.54) is 0 Å². The van der Waals surface area contributed by atoms with Crippen LogP contribution in [-0.2, 0) is 16.5 Å². The van der Waals surface area contributed by atoms with Crippen LogP contribution in [0.25, 0.3) is 10.9 Å². The molecular formula is C20H26N2O3. The van der Waals surface area contributed by atoms with Gasteiger partial charge in [-0.25, -0.2) is 0 Å². The average molecular weight is 342 g/mol. The topological polar surface area (TPSA) is 43.7 Å². The van der Waals surface area contributed by atoms with Crippen molar-refractivity contribution in [2.45, 2.75) is 25.4 Å².